The molecule has 0 aromatic carbocycles. The van der Waals surface area contributed by atoms with Gasteiger partial charge in [-0.15, -0.1) is 0 Å². The number of nitrogens with one attached hydrogen (secondary N) is 2. The molecule has 0 radical (unpaired) electrons. The molecule has 0 aromatic heterocycles. The van der Waals surface area contributed by atoms with Crippen LogP contribution in [0.1, 0.15) is 52.9 Å². The van der Waals surface area contributed by atoms with Crippen LogP contribution in [0.4, 0.5) is 0 Å². The second kappa shape index (κ2) is 9.85. The van der Waals surface area contributed by atoms with Crippen LogP contribution in [0.5, 0.6) is 0 Å². The van der Waals surface area contributed by atoms with Gasteiger partial charge in [0.25, 0.3) is 0 Å². The van der Waals surface area contributed by atoms with E-state index in [0.717, 1.165) is 45.2 Å². The summed E-state index contributed by atoms with van der Waals surface area (Å²) in [6, 6.07) is 0.0585. The van der Waals surface area contributed by atoms with Crippen molar-refractivity contribution in [3.8, 4) is 0 Å². The Morgan fingerprint density at radius 3 is 2.35 bits per heavy atom. The molecule has 0 fully saturated rings. The van der Waals surface area contributed by atoms with Crippen molar-refractivity contribution in [1.29, 1.82) is 0 Å². The van der Waals surface area contributed by atoms with Gasteiger partial charge >= 0.3 is 0 Å². The topological polar surface area (TPSA) is 58.2 Å². The second-order valence-corrected chi connectivity index (χ2v) is 6.46. The van der Waals surface area contributed by atoms with Gasteiger partial charge in [-0.2, -0.15) is 0 Å². The average molecular weight is 264 g/mol. The molecule has 0 aromatic rings. The standard InChI is InChI=1S/C12H28N2O2S/c1-4-8-12(3)14-17(15,16)11-7-6-10-13-9-5-2/h12-14H,4-11H2,1-3H3. The molecule has 1 atom stereocenters. The van der Waals surface area contributed by atoms with Crippen molar-refractivity contribution in [2.45, 2.75) is 58.9 Å². The third-order valence-corrected chi connectivity index (χ3v) is 4.13. The smallest absolute Gasteiger partial charge is 0.211 e. The van der Waals surface area contributed by atoms with Crippen LogP contribution in [-0.2, 0) is 10.0 Å². The van der Waals surface area contributed by atoms with E-state index in [-0.39, 0.29) is 11.8 Å². The van der Waals surface area contributed by atoms with E-state index in [1.807, 2.05) is 6.92 Å². The molecular weight excluding hydrogens is 236 g/mol. The van der Waals surface area contributed by atoms with Gasteiger partial charge in [0.2, 0.25) is 10.0 Å². The maximum absolute atomic E-state index is 11.7. The maximum atomic E-state index is 11.7. The highest BCUT2D eigenvalue weighted by Gasteiger charge is 2.12. The molecule has 0 aliphatic carbocycles. The van der Waals surface area contributed by atoms with E-state index in [1.165, 1.54) is 0 Å². The van der Waals surface area contributed by atoms with Crippen LogP contribution >= 0.6 is 0 Å². The Bertz CT molecular complexity index is 266. The van der Waals surface area contributed by atoms with E-state index in [4.69, 9.17) is 0 Å². The molecule has 0 aliphatic heterocycles. The quantitative estimate of drug-likeness (QED) is 0.560. The minimum absolute atomic E-state index is 0.0585. The van der Waals surface area contributed by atoms with Crippen molar-refractivity contribution in [3.63, 3.8) is 0 Å². The van der Waals surface area contributed by atoms with Gasteiger partial charge in [-0.1, -0.05) is 20.3 Å². The van der Waals surface area contributed by atoms with Gasteiger partial charge in [0.15, 0.2) is 0 Å². The first kappa shape index (κ1) is 16.9. The summed E-state index contributed by atoms with van der Waals surface area (Å²) in [6.45, 7) is 8.02. The fraction of sp³-hybridized carbons (Fsp3) is 1.00. The summed E-state index contributed by atoms with van der Waals surface area (Å²) in [7, 11) is -3.07. The molecule has 17 heavy (non-hydrogen) atoms. The zero-order valence-corrected chi connectivity index (χ0v) is 12.3. The van der Waals surface area contributed by atoms with E-state index in [1.54, 1.807) is 0 Å². The fourth-order valence-corrected chi connectivity index (χ4v) is 3.13. The van der Waals surface area contributed by atoms with E-state index in [2.05, 4.69) is 23.9 Å². The molecule has 104 valence electrons. The molecule has 0 saturated heterocycles. The molecule has 0 aliphatic rings. The van der Waals surface area contributed by atoms with Gasteiger partial charge < -0.3 is 5.32 Å². The average Bonchev–Trinajstić information content (AvgIpc) is 2.22. The second-order valence-electron chi connectivity index (χ2n) is 4.58. The van der Waals surface area contributed by atoms with Crippen LogP contribution in [0, 0.1) is 0 Å². The monoisotopic (exact) mass is 264 g/mol. The third kappa shape index (κ3) is 10.7. The van der Waals surface area contributed by atoms with E-state index < -0.39 is 10.0 Å². The first-order valence-corrected chi connectivity index (χ1v) is 8.37. The number of rotatable bonds is 11. The van der Waals surface area contributed by atoms with E-state index in [9.17, 15) is 8.42 Å². The summed E-state index contributed by atoms with van der Waals surface area (Å²) in [5.41, 5.74) is 0. The first-order valence-electron chi connectivity index (χ1n) is 6.72. The largest absolute Gasteiger partial charge is 0.317 e. The zero-order chi connectivity index (χ0) is 13.1. The molecular formula is C12H28N2O2S. The van der Waals surface area contributed by atoms with Crippen LogP contribution in [0.2, 0.25) is 0 Å². The van der Waals surface area contributed by atoms with Crippen molar-refractivity contribution in [3.05, 3.63) is 0 Å². The lowest BCUT2D eigenvalue weighted by Gasteiger charge is -2.13. The molecule has 0 saturated carbocycles. The highest BCUT2D eigenvalue weighted by molar-refractivity contribution is 7.89. The van der Waals surface area contributed by atoms with Crippen molar-refractivity contribution in [1.82, 2.24) is 10.0 Å². The Hall–Kier alpha value is -0.130. The first-order chi connectivity index (χ1) is 8.02. The van der Waals surface area contributed by atoms with Crippen LogP contribution in [0.3, 0.4) is 0 Å². The molecule has 0 amide bonds. The van der Waals surface area contributed by atoms with Crippen molar-refractivity contribution >= 4 is 10.0 Å². The predicted molar refractivity (Wildman–Crippen MR) is 73.7 cm³/mol. The molecule has 4 nitrogen and oxygen atoms in total. The Labute approximate surface area is 107 Å². The predicted octanol–water partition coefficient (Wildman–Crippen LogP) is 1.87. The van der Waals surface area contributed by atoms with Crippen molar-refractivity contribution in [2.75, 3.05) is 18.8 Å². The molecule has 2 N–H and O–H groups in total. The minimum atomic E-state index is -3.07. The molecule has 0 bridgehead atoms. The SMILES string of the molecule is CCCNCCCCS(=O)(=O)NC(C)CCC. The summed E-state index contributed by atoms with van der Waals surface area (Å²) in [5.74, 6) is 0.245. The van der Waals surface area contributed by atoms with Gasteiger partial charge in [0.05, 0.1) is 5.75 Å². The lowest BCUT2D eigenvalue weighted by atomic mass is 10.2. The van der Waals surface area contributed by atoms with Crippen molar-refractivity contribution < 1.29 is 8.42 Å². The Morgan fingerprint density at radius 1 is 1.06 bits per heavy atom. The summed E-state index contributed by atoms with van der Waals surface area (Å²) in [5, 5.41) is 3.27. The number of unbranched alkanes of at least 4 members (excludes halogenated alkanes) is 1. The Morgan fingerprint density at radius 2 is 1.76 bits per heavy atom. The van der Waals surface area contributed by atoms with Gasteiger partial charge in [-0.05, 0) is 45.7 Å². The van der Waals surface area contributed by atoms with Crippen LogP contribution in [0.15, 0.2) is 0 Å². The van der Waals surface area contributed by atoms with Crippen LogP contribution in [0.25, 0.3) is 0 Å². The maximum Gasteiger partial charge on any atom is 0.211 e. The van der Waals surface area contributed by atoms with Gasteiger partial charge in [-0.3, -0.25) is 0 Å². The lowest BCUT2D eigenvalue weighted by molar-refractivity contribution is 0.539. The summed E-state index contributed by atoms with van der Waals surface area (Å²) < 4.78 is 26.1. The van der Waals surface area contributed by atoms with Gasteiger partial charge in [-0.25, -0.2) is 13.1 Å². The fourth-order valence-electron chi connectivity index (χ4n) is 1.70. The Kier molecular flexibility index (Phi) is 9.78. The van der Waals surface area contributed by atoms with Crippen LogP contribution < -0.4 is 10.0 Å². The lowest BCUT2D eigenvalue weighted by Crippen LogP contribution is -2.34. The molecule has 1 unspecified atom stereocenters. The number of hydrogen-bond acceptors (Lipinski definition) is 3. The van der Waals surface area contributed by atoms with Gasteiger partial charge in [0, 0.05) is 6.04 Å². The highest BCUT2D eigenvalue weighted by Crippen LogP contribution is 2.00. The van der Waals surface area contributed by atoms with E-state index >= 15 is 0 Å². The summed E-state index contributed by atoms with van der Waals surface area (Å²) >= 11 is 0. The highest BCUT2D eigenvalue weighted by atomic mass is 32.2. The molecule has 0 heterocycles. The summed E-state index contributed by atoms with van der Waals surface area (Å²) in [6.07, 6.45) is 4.67. The molecule has 0 spiro atoms. The van der Waals surface area contributed by atoms with Crippen molar-refractivity contribution in [2.24, 2.45) is 0 Å². The number of hydrogen-bond donors (Lipinski definition) is 2. The zero-order valence-electron chi connectivity index (χ0n) is 11.5. The van der Waals surface area contributed by atoms with Gasteiger partial charge in [0.1, 0.15) is 0 Å². The third-order valence-electron chi connectivity index (χ3n) is 2.55. The van der Waals surface area contributed by atoms with E-state index in [0.29, 0.717) is 0 Å². The minimum Gasteiger partial charge on any atom is -0.317 e. The van der Waals surface area contributed by atoms with Crippen LogP contribution in [-0.4, -0.2) is 33.3 Å². The summed E-state index contributed by atoms with van der Waals surface area (Å²) in [4.78, 5) is 0. The molecule has 5 heteroatoms. The Balaban J connectivity index is 3.64. The molecule has 0 rings (SSSR count). The normalized spacial score (nSPS) is 13.8. The number of sulfonamides is 1.